The first-order valence-electron chi connectivity index (χ1n) is 8.26. The fourth-order valence-corrected chi connectivity index (χ4v) is 4.01. The highest BCUT2D eigenvalue weighted by Gasteiger charge is 2.40. The molecule has 3 rings (SSSR count). The molecule has 2 fully saturated rings. The Balaban J connectivity index is 1.73. The van der Waals surface area contributed by atoms with Crippen LogP contribution in [0.15, 0.2) is 18.5 Å². The molecule has 0 aromatic carbocycles. The van der Waals surface area contributed by atoms with Crippen LogP contribution in [-0.4, -0.2) is 57.2 Å². The molecule has 2 saturated heterocycles. The molecule has 0 spiro atoms. The molecule has 5 nitrogen and oxygen atoms in total. The van der Waals surface area contributed by atoms with Crippen LogP contribution < -0.4 is 0 Å². The number of nitrogens with zero attached hydrogens (tertiary/aromatic N) is 4. The zero-order valence-corrected chi connectivity index (χ0v) is 13.1. The minimum Gasteiger partial charge on any atom is -0.336 e. The maximum Gasteiger partial charge on any atom is 0.247 e. The lowest BCUT2D eigenvalue weighted by molar-refractivity contribution is -0.136. The first kappa shape index (κ1) is 14.6. The van der Waals surface area contributed by atoms with Crippen molar-refractivity contribution >= 4 is 5.91 Å². The van der Waals surface area contributed by atoms with Gasteiger partial charge in [-0.25, -0.2) is 0 Å². The van der Waals surface area contributed by atoms with Crippen molar-refractivity contribution in [2.75, 3.05) is 19.6 Å². The Kier molecular flexibility index (Phi) is 4.29. The highest BCUT2D eigenvalue weighted by molar-refractivity contribution is 5.80. The van der Waals surface area contributed by atoms with E-state index < -0.39 is 0 Å². The van der Waals surface area contributed by atoms with E-state index in [0.717, 1.165) is 25.9 Å². The third-order valence-electron chi connectivity index (χ3n) is 5.13. The third kappa shape index (κ3) is 2.71. The van der Waals surface area contributed by atoms with Gasteiger partial charge in [0.2, 0.25) is 5.91 Å². The Morgan fingerprint density at radius 2 is 2.05 bits per heavy atom. The summed E-state index contributed by atoms with van der Waals surface area (Å²) >= 11 is 0. The molecule has 0 bridgehead atoms. The molecule has 5 heteroatoms. The predicted molar refractivity (Wildman–Crippen MR) is 81.9 cm³/mol. The van der Waals surface area contributed by atoms with Gasteiger partial charge >= 0.3 is 0 Å². The van der Waals surface area contributed by atoms with E-state index >= 15 is 0 Å². The van der Waals surface area contributed by atoms with E-state index in [2.05, 4.69) is 21.8 Å². The van der Waals surface area contributed by atoms with Crippen molar-refractivity contribution in [3.05, 3.63) is 18.5 Å². The number of carbonyl (C=O) groups excluding carboxylic acids is 1. The predicted octanol–water partition coefficient (Wildman–Crippen LogP) is 1.92. The molecule has 21 heavy (non-hydrogen) atoms. The number of rotatable bonds is 4. The van der Waals surface area contributed by atoms with Crippen molar-refractivity contribution < 1.29 is 4.79 Å². The lowest BCUT2D eigenvalue weighted by Crippen LogP contribution is -2.49. The summed E-state index contributed by atoms with van der Waals surface area (Å²) < 4.78 is 1.77. The van der Waals surface area contributed by atoms with E-state index in [0.29, 0.717) is 12.1 Å². The van der Waals surface area contributed by atoms with Crippen molar-refractivity contribution in [2.24, 2.45) is 0 Å². The van der Waals surface area contributed by atoms with E-state index in [4.69, 9.17) is 0 Å². The second-order valence-corrected chi connectivity index (χ2v) is 6.24. The molecule has 1 aromatic rings. The molecule has 0 radical (unpaired) electrons. The van der Waals surface area contributed by atoms with Crippen LogP contribution in [0.3, 0.4) is 0 Å². The minimum absolute atomic E-state index is 0.197. The van der Waals surface area contributed by atoms with Gasteiger partial charge < -0.3 is 4.90 Å². The van der Waals surface area contributed by atoms with Gasteiger partial charge in [-0.1, -0.05) is 6.92 Å². The van der Waals surface area contributed by atoms with Gasteiger partial charge in [0, 0.05) is 31.0 Å². The summed E-state index contributed by atoms with van der Waals surface area (Å²) in [6.07, 6.45) is 8.40. The standard InChI is InChI=1S/C16H26N4O/c1-3-18-10-4-7-14(18)15-8-5-11-19(15)16(21)13(2)20-12-6-9-17-20/h6,9,12-15H,3-5,7-8,10-11H2,1-2H3/t13-,14+,15-/m0/s1. The Morgan fingerprint density at radius 1 is 1.29 bits per heavy atom. The fourth-order valence-electron chi connectivity index (χ4n) is 4.01. The van der Waals surface area contributed by atoms with Crippen LogP contribution >= 0.6 is 0 Å². The molecule has 2 aliphatic rings. The van der Waals surface area contributed by atoms with Crippen LogP contribution in [0, 0.1) is 0 Å². The summed E-state index contributed by atoms with van der Waals surface area (Å²) in [5, 5.41) is 4.22. The van der Waals surface area contributed by atoms with Crippen LogP contribution in [0.25, 0.3) is 0 Å². The fraction of sp³-hybridized carbons (Fsp3) is 0.750. The van der Waals surface area contributed by atoms with Crippen molar-refractivity contribution in [2.45, 2.75) is 57.7 Å². The Labute approximate surface area is 126 Å². The number of amides is 1. The summed E-state index contributed by atoms with van der Waals surface area (Å²) in [5.74, 6) is 0.226. The summed E-state index contributed by atoms with van der Waals surface area (Å²) in [7, 11) is 0. The summed E-state index contributed by atoms with van der Waals surface area (Å²) in [5.41, 5.74) is 0. The van der Waals surface area contributed by atoms with Gasteiger partial charge in [0.1, 0.15) is 6.04 Å². The first-order chi connectivity index (χ1) is 10.2. The van der Waals surface area contributed by atoms with E-state index in [1.807, 2.05) is 19.2 Å². The SMILES string of the molecule is CCN1CCC[C@@H]1[C@@H]1CCCN1C(=O)[C@H](C)n1cccn1. The second-order valence-electron chi connectivity index (χ2n) is 6.24. The van der Waals surface area contributed by atoms with Crippen molar-refractivity contribution in [3.63, 3.8) is 0 Å². The molecule has 0 N–H and O–H groups in total. The maximum absolute atomic E-state index is 12.9. The average Bonchev–Trinajstić information content (AvgIpc) is 3.24. The Hall–Kier alpha value is -1.36. The number of hydrogen-bond donors (Lipinski definition) is 0. The van der Waals surface area contributed by atoms with Gasteiger partial charge in [0.05, 0.1) is 0 Å². The average molecular weight is 290 g/mol. The van der Waals surface area contributed by atoms with Crippen LogP contribution in [-0.2, 0) is 4.79 Å². The van der Waals surface area contributed by atoms with E-state index in [1.54, 1.807) is 10.9 Å². The molecule has 1 amide bonds. The largest absolute Gasteiger partial charge is 0.336 e. The molecule has 2 aliphatic heterocycles. The topological polar surface area (TPSA) is 41.4 Å². The van der Waals surface area contributed by atoms with Crippen molar-refractivity contribution in [1.29, 1.82) is 0 Å². The van der Waals surface area contributed by atoms with Gasteiger partial charge in [0.25, 0.3) is 0 Å². The second kappa shape index (κ2) is 6.18. The lowest BCUT2D eigenvalue weighted by atomic mass is 10.0. The van der Waals surface area contributed by atoms with Gasteiger partial charge in [-0.15, -0.1) is 0 Å². The van der Waals surface area contributed by atoms with Gasteiger partial charge in [-0.3, -0.25) is 14.4 Å². The monoisotopic (exact) mass is 290 g/mol. The van der Waals surface area contributed by atoms with Crippen LogP contribution in [0.5, 0.6) is 0 Å². The molecule has 116 valence electrons. The van der Waals surface area contributed by atoms with Gasteiger partial charge in [-0.2, -0.15) is 5.10 Å². The van der Waals surface area contributed by atoms with Gasteiger partial charge in [-0.05, 0) is 51.8 Å². The van der Waals surface area contributed by atoms with Crippen molar-refractivity contribution in [3.8, 4) is 0 Å². The van der Waals surface area contributed by atoms with E-state index in [-0.39, 0.29) is 11.9 Å². The number of hydrogen-bond acceptors (Lipinski definition) is 3. The molecule has 3 atom stereocenters. The number of likely N-dealkylation sites (tertiary alicyclic amines) is 2. The van der Waals surface area contributed by atoms with Crippen LogP contribution in [0.2, 0.25) is 0 Å². The normalized spacial score (nSPS) is 28.2. The van der Waals surface area contributed by atoms with Gasteiger partial charge in [0.15, 0.2) is 0 Å². The molecule has 0 aliphatic carbocycles. The number of aromatic nitrogens is 2. The first-order valence-corrected chi connectivity index (χ1v) is 8.26. The Bertz CT molecular complexity index is 473. The third-order valence-corrected chi connectivity index (χ3v) is 5.13. The molecule has 1 aromatic heterocycles. The zero-order valence-electron chi connectivity index (χ0n) is 13.1. The number of likely N-dealkylation sites (N-methyl/N-ethyl adjacent to an activating group) is 1. The summed E-state index contributed by atoms with van der Waals surface area (Å²) in [6, 6.07) is 2.64. The van der Waals surface area contributed by atoms with Crippen molar-refractivity contribution in [1.82, 2.24) is 19.6 Å². The smallest absolute Gasteiger partial charge is 0.247 e. The molecular formula is C16H26N4O. The molecule has 0 unspecified atom stereocenters. The minimum atomic E-state index is -0.197. The maximum atomic E-state index is 12.9. The highest BCUT2D eigenvalue weighted by Crippen LogP contribution is 2.31. The van der Waals surface area contributed by atoms with Crippen LogP contribution in [0.1, 0.15) is 45.6 Å². The molecule has 0 saturated carbocycles. The van der Waals surface area contributed by atoms with Crippen LogP contribution in [0.4, 0.5) is 0 Å². The molecular weight excluding hydrogens is 264 g/mol. The summed E-state index contributed by atoms with van der Waals surface area (Å²) in [4.78, 5) is 17.5. The number of carbonyl (C=O) groups is 1. The summed E-state index contributed by atoms with van der Waals surface area (Å²) in [6.45, 7) is 7.37. The molecule has 3 heterocycles. The Morgan fingerprint density at radius 3 is 2.76 bits per heavy atom. The lowest BCUT2D eigenvalue weighted by Gasteiger charge is -2.35. The zero-order chi connectivity index (χ0) is 14.8. The quantitative estimate of drug-likeness (QED) is 0.850. The highest BCUT2D eigenvalue weighted by atomic mass is 16.2. The van der Waals surface area contributed by atoms with E-state index in [1.165, 1.54) is 19.4 Å². The van der Waals surface area contributed by atoms with E-state index in [9.17, 15) is 4.79 Å².